The highest BCUT2D eigenvalue weighted by Crippen LogP contribution is 2.37. The van der Waals surface area contributed by atoms with Gasteiger partial charge in [0.1, 0.15) is 6.29 Å². The van der Waals surface area contributed by atoms with Crippen LogP contribution < -0.4 is 16.4 Å². The third kappa shape index (κ3) is 5.43. The highest BCUT2D eigenvalue weighted by molar-refractivity contribution is 5.85. The Morgan fingerprint density at radius 3 is 2.85 bits per heavy atom. The Morgan fingerprint density at radius 1 is 1.38 bits per heavy atom. The van der Waals surface area contributed by atoms with Crippen molar-refractivity contribution in [3.63, 3.8) is 0 Å². The lowest BCUT2D eigenvalue weighted by Gasteiger charge is -2.43. The summed E-state index contributed by atoms with van der Waals surface area (Å²) in [7, 11) is 0. The average molecular weight is 366 g/mol. The molecule has 1 saturated heterocycles. The molecule has 7 heteroatoms. The van der Waals surface area contributed by atoms with Crippen LogP contribution in [0, 0.1) is 17.2 Å². The molecule has 1 heterocycles. The largest absolute Gasteiger partial charge is 0.370 e. The number of carbonyl (C=O) groups excluding carboxylic acids is 2. The van der Waals surface area contributed by atoms with Crippen LogP contribution >= 0.6 is 0 Å². The number of rotatable bonds is 9. The molecule has 0 bridgehead atoms. The number of carbonyl (C=O) groups is 2. The number of aldehydes is 1. The molecule has 0 aromatic carbocycles. The number of hydrogen-bond donors (Lipinski definition) is 4. The van der Waals surface area contributed by atoms with E-state index in [4.69, 9.17) is 11.1 Å². The molecule has 1 amide bonds. The molecule has 0 aromatic rings. The van der Waals surface area contributed by atoms with E-state index in [9.17, 15) is 9.59 Å². The Bertz CT molecular complexity index is 483. The third-order valence-electron chi connectivity index (χ3n) is 5.84. The minimum atomic E-state index is -0.401. The molecule has 4 atom stereocenters. The van der Waals surface area contributed by atoms with E-state index in [2.05, 4.69) is 10.6 Å². The van der Waals surface area contributed by atoms with Crippen LogP contribution in [0.4, 0.5) is 0 Å². The van der Waals surface area contributed by atoms with E-state index >= 15 is 0 Å². The zero-order chi connectivity index (χ0) is 18.9. The monoisotopic (exact) mass is 365 g/mol. The molecule has 0 spiro atoms. The Kier molecular flexibility index (Phi) is 8.35. The minimum absolute atomic E-state index is 0.0658. The van der Waals surface area contributed by atoms with Crippen molar-refractivity contribution in [1.82, 2.24) is 15.5 Å². The van der Waals surface area contributed by atoms with Crippen LogP contribution in [0.3, 0.4) is 0 Å². The van der Waals surface area contributed by atoms with Gasteiger partial charge in [0.2, 0.25) is 5.91 Å². The third-order valence-corrected chi connectivity index (χ3v) is 5.84. The van der Waals surface area contributed by atoms with Gasteiger partial charge in [-0.15, -0.1) is 0 Å². The topological polar surface area (TPSA) is 111 Å². The first kappa shape index (κ1) is 20.7. The summed E-state index contributed by atoms with van der Waals surface area (Å²) in [6.07, 6.45) is 9.02. The lowest BCUT2D eigenvalue weighted by molar-refractivity contribution is -0.141. The average Bonchev–Trinajstić information content (AvgIpc) is 2.65. The van der Waals surface area contributed by atoms with Gasteiger partial charge in [0.15, 0.2) is 5.96 Å². The number of nitrogens with one attached hydrogen (secondary N) is 3. The van der Waals surface area contributed by atoms with E-state index in [1.165, 1.54) is 19.3 Å². The van der Waals surface area contributed by atoms with Gasteiger partial charge >= 0.3 is 0 Å². The van der Waals surface area contributed by atoms with Gasteiger partial charge in [0.05, 0.1) is 12.1 Å². The maximum absolute atomic E-state index is 13.3. The number of piperidine rings is 1. The van der Waals surface area contributed by atoms with Crippen LogP contribution in [0.2, 0.25) is 0 Å². The molecule has 5 N–H and O–H groups in total. The molecule has 0 aromatic heterocycles. The molecule has 1 aliphatic heterocycles. The number of nitrogens with zero attached hydrogens (tertiary/aromatic N) is 1. The van der Waals surface area contributed by atoms with Crippen molar-refractivity contribution in [2.75, 3.05) is 19.6 Å². The molecular weight excluding hydrogens is 330 g/mol. The quantitative estimate of drug-likeness (QED) is 0.212. The molecule has 2 fully saturated rings. The first-order valence-corrected chi connectivity index (χ1v) is 10.2. The lowest BCUT2D eigenvalue weighted by atomic mass is 9.71. The molecule has 1 aliphatic carbocycles. The molecule has 2 aliphatic rings. The predicted octanol–water partition coefficient (Wildman–Crippen LogP) is 1.22. The van der Waals surface area contributed by atoms with Crippen molar-refractivity contribution in [2.45, 2.75) is 70.4 Å². The summed E-state index contributed by atoms with van der Waals surface area (Å²) >= 11 is 0. The molecule has 1 saturated carbocycles. The fraction of sp³-hybridized carbons (Fsp3) is 0.842. The summed E-state index contributed by atoms with van der Waals surface area (Å²) in [5, 5.41) is 13.4. The zero-order valence-corrected chi connectivity index (χ0v) is 16.0. The van der Waals surface area contributed by atoms with Gasteiger partial charge < -0.3 is 26.1 Å². The van der Waals surface area contributed by atoms with E-state index in [1.54, 1.807) is 4.90 Å². The summed E-state index contributed by atoms with van der Waals surface area (Å²) in [6, 6.07) is -0.541. The maximum Gasteiger partial charge on any atom is 0.240 e. The van der Waals surface area contributed by atoms with Crippen LogP contribution in [0.5, 0.6) is 0 Å². The molecule has 2 rings (SSSR count). The van der Waals surface area contributed by atoms with Crippen molar-refractivity contribution in [3.8, 4) is 0 Å². The van der Waals surface area contributed by atoms with Crippen molar-refractivity contribution in [3.05, 3.63) is 0 Å². The summed E-state index contributed by atoms with van der Waals surface area (Å²) in [5.41, 5.74) is 5.29. The number of guanidine groups is 1. The summed E-state index contributed by atoms with van der Waals surface area (Å²) in [6.45, 7) is 4.08. The van der Waals surface area contributed by atoms with Crippen LogP contribution in [-0.2, 0) is 9.59 Å². The fourth-order valence-electron chi connectivity index (χ4n) is 4.57. The maximum atomic E-state index is 13.3. The molecular formula is C19H35N5O2. The second kappa shape index (κ2) is 10.5. The van der Waals surface area contributed by atoms with Gasteiger partial charge in [-0.3, -0.25) is 10.2 Å². The molecule has 0 radical (unpaired) electrons. The van der Waals surface area contributed by atoms with Gasteiger partial charge in [-0.05, 0) is 50.5 Å². The van der Waals surface area contributed by atoms with E-state index in [1.807, 2.05) is 6.92 Å². The predicted molar refractivity (Wildman–Crippen MR) is 103 cm³/mol. The SMILES string of the molecule is CCCN(C(=O)C1NCCC2CCCCC21)[C@H](C=O)CCCNC(=N)N. The summed E-state index contributed by atoms with van der Waals surface area (Å²) in [5.74, 6) is 1.09. The van der Waals surface area contributed by atoms with E-state index in [-0.39, 0.29) is 17.9 Å². The fourth-order valence-corrected chi connectivity index (χ4v) is 4.57. The Morgan fingerprint density at radius 2 is 2.15 bits per heavy atom. The molecule has 148 valence electrons. The summed E-state index contributed by atoms with van der Waals surface area (Å²) < 4.78 is 0. The van der Waals surface area contributed by atoms with E-state index in [0.29, 0.717) is 37.8 Å². The van der Waals surface area contributed by atoms with Gasteiger partial charge in [-0.1, -0.05) is 26.2 Å². The van der Waals surface area contributed by atoms with Crippen molar-refractivity contribution in [2.24, 2.45) is 17.6 Å². The minimum Gasteiger partial charge on any atom is -0.370 e. The number of nitrogens with two attached hydrogens (primary N) is 1. The van der Waals surface area contributed by atoms with Crippen LogP contribution in [0.15, 0.2) is 0 Å². The normalized spacial score (nSPS) is 26.4. The number of hydrogen-bond acceptors (Lipinski definition) is 4. The van der Waals surface area contributed by atoms with Gasteiger partial charge in [-0.25, -0.2) is 0 Å². The van der Waals surface area contributed by atoms with E-state index in [0.717, 1.165) is 32.1 Å². The zero-order valence-electron chi connectivity index (χ0n) is 16.0. The van der Waals surface area contributed by atoms with Gasteiger partial charge in [0, 0.05) is 13.1 Å². The Labute approximate surface area is 157 Å². The van der Waals surface area contributed by atoms with E-state index < -0.39 is 6.04 Å². The Balaban J connectivity index is 2.01. The van der Waals surface area contributed by atoms with Crippen molar-refractivity contribution < 1.29 is 9.59 Å². The van der Waals surface area contributed by atoms with Gasteiger partial charge in [-0.2, -0.15) is 0 Å². The summed E-state index contributed by atoms with van der Waals surface area (Å²) in [4.78, 5) is 26.8. The second-order valence-corrected chi connectivity index (χ2v) is 7.65. The standard InChI is InChI=1S/C19H35N5O2/c1-2-12-24(15(13-25)7-5-10-23-19(20)21)18(26)17-16-8-4-3-6-14(16)9-11-22-17/h13-17,22H,2-12H2,1H3,(H4,20,21,23)/t14?,15-,16?,17?/m0/s1. The highest BCUT2D eigenvalue weighted by Gasteiger charge is 2.41. The molecule has 7 nitrogen and oxygen atoms in total. The van der Waals surface area contributed by atoms with Crippen LogP contribution in [0.25, 0.3) is 0 Å². The van der Waals surface area contributed by atoms with Gasteiger partial charge in [0.25, 0.3) is 0 Å². The first-order valence-electron chi connectivity index (χ1n) is 10.2. The smallest absolute Gasteiger partial charge is 0.240 e. The van der Waals surface area contributed by atoms with Crippen molar-refractivity contribution in [1.29, 1.82) is 5.41 Å². The highest BCUT2D eigenvalue weighted by atomic mass is 16.2. The Hall–Kier alpha value is -1.63. The first-order chi connectivity index (χ1) is 12.6. The van der Waals surface area contributed by atoms with Crippen LogP contribution in [-0.4, -0.2) is 54.8 Å². The second-order valence-electron chi connectivity index (χ2n) is 7.65. The van der Waals surface area contributed by atoms with Crippen molar-refractivity contribution >= 4 is 18.2 Å². The molecule has 3 unspecified atom stereocenters. The number of fused-ring (bicyclic) bond motifs is 1. The molecule has 26 heavy (non-hydrogen) atoms. The lowest BCUT2D eigenvalue weighted by Crippen LogP contribution is -2.58. The number of amides is 1. The van der Waals surface area contributed by atoms with Crippen LogP contribution in [0.1, 0.15) is 58.3 Å².